The molecule has 6 nitrogen and oxygen atoms in total. The van der Waals surface area contributed by atoms with Gasteiger partial charge in [0.05, 0.1) is 25.4 Å². The van der Waals surface area contributed by atoms with E-state index in [2.05, 4.69) is 43.5 Å². The first-order chi connectivity index (χ1) is 43.0. The number of allylic oxidation sites excluding steroid dienone is 4. The predicted molar refractivity (Wildman–Crippen MR) is 384 cm³/mol. The Kier molecular flexibility index (Phi) is 75.3. The van der Waals surface area contributed by atoms with E-state index in [9.17, 15) is 19.8 Å². The molecule has 0 aliphatic carbocycles. The minimum atomic E-state index is -0.664. The third-order valence-electron chi connectivity index (χ3n) is 19.0. The zero-order valence-corrected chi connectivity index (χ0v) is 59.3. The van der Waals surface area contributed by atoms with Gasteiger partial charge in [0.1, 0.15) is 0 Å². The van der Waals surface area contributed by atoms with Crippen molar-refractivity contribution in [2.45, 2.75) is 469 Å². The van der Waals surface area contributed by atoms with E-state index in [-0.39, 0.29) is 18.5 Å². The molecule has 0 saturated carbocycles. The third-order valence-corrected chi connectivity index (χ3v) is 19.0. The van der Waals surface area contributed by atoms with Crippen molar-refractivity contribution in [3.63, 3.8) is 0 Å². The molecule has 1 amide bonds. The Labute approximate surface area is 545 Å². The Morgan fingerprint density at radius 3 is 0.874 bits per heavy atom. The molecule has 0 saturated heterocycles. The van der Waals surface area contributed by atoms with E-state index in [1.54, 1.807) is 0 Å². The second kappa shape index (κ2) is 76.8. The maximum Gasteiger partial charge on any atom is 0.305 e. The van der Waals surface area contributed by atoms with Crippen molar-refractivity contribution in [2.24, 2.45) is 0 Å². The van der Waals surface area contributed by atoms with E-state index in [0.29, 0.717) is 25.9 Å². The molecule has 0 rings (SSSR count). The number of aliphatic hydroxyl groups is 2. The Hall–Kier alpha value is -1.66. The minimum absolute atomic E-state index is 0.0174. The summed E-state index contributed by atoms with van der Waals surface area (Å²) in [5, 5.41) is 23.5. The summed E-state index contributed by atoms with van der Waals surface area (Å²) in [5.74, 6) is -0.00937. The molecule has 0 aliphatic rings. The van der Waals surface area contributed by atoms with Gasteiger partial charge in [-0.25, -0.2) is 0 Å². The van der Waals surface area contributed by atoms with E-state index in [1.807, 2.05) is 0 Å². The lowest BCUT2D eigenvalue weighted by Crippen LogP contribution is -2.45. The van der Waals surface area contributed by atoms with Crippen LogP contribution >= 0.6 is 0 Å². The summed E-state index contributed by atoms with van der Waals surface area (Å²) in [5.41, 5.74) is 0. The van der Waals surface area contributed by atoms with Gasteiger partial charge in [0, 0.05) is 12.8 Å². The molecular weight excluding hydrogens is 1070 g/mol. The first kappa shape index (κ1) is 85.3. The molecule has 2 atom stereocenters. The van der Waals surface area contributed by atoms with Crippen LogP contribution in [-0.4, -0.2) is 47.4 Å². The van der Waals surface area contributed by atoms with Crippen LogP contribution in [0.3, 0.4) is 0 Å². The van der Waals surface area contributed by atoms with Crippen LogP contribution in [0.4, 0.5) is 0 Å². The highest BCUT2D eigenvalue weighted by Gasteiger charge is 2.20. The summed E-state index contributed by atoms with van der Waals surface area (Å²) in [6.07, 6.45) is 98.5. The van der Waals surface area contributed by atoms with Crippen molar-refractivity contribution in [2.75, 3.05) is 13.2 Å². The summed E-state index contributed by atoms with van der Waals surface area (Å²) < 4.78 is 5.48. The third kappa shape index (κ3) is 73.3. The number of hydrogen-bond donors (Lipinski definition) is 3. The highest BCUT2D eigenvalue weighted by Crippen LogP contribution is 2.20. The second-order valence-electron chi connectivity index (χ2n) is 27.8. The number of carbonyl (C=O) groups is 2. The van der Waals surface area contributed by atoms with Crippen LogP contribution in [0.1, 0.15) is 457 Å². The van der Waals surface area contributed by atoms with E-state index < -0.39 is 12.1 Å². The fourth-order valence-corrected chi connectivity index (χ4v) is 12.9. The van der Waals surface area contributed by atoms with E-state index >= 15 is 0 Å². The van der Waals surface area contributed by atoms with Crippen LogP contribution in [0.25, 0.3) is 0 Å². The fourth-order valence-electron chi connectivity index (χ4n) is 12.9. The van der Waals surface area contributed by atoms with Crippen molar-refractivity contribution in [3.8, 4) is 0 Å². The smallest absolute Gasteiger partial charge is 0.305 e. The molecular formula is C81H157NO5. The number of ether oxygens (including phenoxy) is 1. The van der Waals surface area contributed by atoms with Gasteiger partial charge in [-0.3, -0.25) is 9.59 Å². The topological polar surface area (TPSA) is 95.9 Å². The summed E-state index contributed by atoms with van der Waals surface area (Å²) in [6.45, 7) is 5.00. The number of hydrogen-bond acceptors (Lipinski definition) is 5. The molecule has 516 valence electrons. The van der Waals surface area contributed by atoms with E-state index in [4.69, 9.17) is 4.74 Å². The van der Waals surface area contributed by atoms with Crippen LogP contribution in [0.5, 0.6) is 0 Å². The second-order valence-corrected chi connectivity index (χ2v) is 27.8. The summed E-state index contributed by atoms with van der Waals surface area (Å²) in [4.78, 5) is 24.6. The molecule has 0 aromatic carbocycles. The standard InChI is InChI=1S/C81H157NO5/c1-3-5-7-9-11-13-15-16-17-18-19-20-21-35-38-41-44-47-50-54-57-61-65-69-73-79(84)78(77-83)82-80(85)74-70-66-62-58-55-51-48-45-42-39-36-33-31-29-27-25-23-22-24-26-28-30-32-34-37-40-43-46-49-52-56-60-64-68-72-76-87-81(86)75-71-67-63-59-53-14-12-10-8-6-4-2/h24,26,30,32,78-79,83-84H,3-23,25,27-29,31,33-77H2,1-2H3,(H,82,85)/b26-24-,32-30-. The first-order valence-corrected chi connectivity index (χ1v) is 40.1. The van der Waals surface area contributed by atoms with Crippen LogP contribution in [-0.2, 0) is 14.3 Å². The molecule has 0 aromatic rings. The van der Waals surface area contributed by atoms with Crippen molar-refractivity contribution in [1.82, 2.24) is 5.32 Å². The van der Waals surface area contributed by atoms with Gasteiger partial charge in [0.25, 0.3) is 0 Å². The van der Waals surface area contributed by atoms with Crippen molar-refractivity contribution >= 4 is 11.9 Å². The molecule has 0 bridgehead atoms. The molecule has 0 spiro atoms. The van der Waals surface area contributed by atoms with Crippen molar-refractivity contribution in [1.29, 1.82) is 0 Å². The molecule has 0 aromatic heterocycles. The van der Waals surface area contributed by atoms with E-state index in [0.717, 1.165) is 44.9 Å². The molecule has 0 fully saturated rings. The van der Waals surface area contributed by atoms with E-state index in [1.165, 1.54) is 379 Å². The number of carbonyl (C=O) groups excluding carboxylic acids is 2. The maximum absolute atomic E-state index is 12.6. The minimum Gasteiger partial charge on any atom is -0.466 e. The molecule has 3 N–H and O–H groups in total. The Bertz CT molecular complexity index is 1360. The van der Waals surface area contributed by atoms with Crippen LogP contribution in [0.15, 0.2) is 24.3 Å². The maximum atomic E-state index is 12.6. The Morgan fingerprint density at radius 2 is 0.575 bits per heavy atom. The first-order valence-electron chi connectivity index (χ1n) is 40.1. The van der Waals surface area contributed by atoms with Gasteiger partial charge in [0.15, 0.2) is 0 Å². The van der Waals surface area contributed by atoms with Crippen molar-refractivity contribution < 1.29 is 24.5 Å². The van der Waals surface area contributed by atoms with Crippen LogP contribution in [0.2, 0.25) is 0 Å². The predicted octanol–water partition coefficient (Wildman–Crippen LogP) is 26.4. The molecule has 0 aliphatic heterocycles. The van der Waals surface area contributed by atoms with Gasteiger partial charge < -0.3 is 20.3 Å². The number of unbranched alkanes of at least 4 members (excludes halogenated alkanes) is 61. The molecule has 2 unspecified atom stereocenters. The lowest BCUT2D eigenvalue weighted by Gasteiger charge is -2.22. The SMILES string of the molecule is CCCCCCCCCCCCCCCCCCCCCCCCCCC(O)C(CO)NC(=O)CCCCCCCCCCCCCCCCCCC/C=C\C/C=C\CCCCCCCCCCCCCOC(=O)CCCCCCCCCCCCC. The highest BCUT2D eigenvalue weighted by molar-refractivity contribution is 5.76. The molecule has 6 heteroatoms. The summed E-state index contributed by atoms with van der Waals surface area (Å²) >= 11 is 0. The average molecular weight is 1230 g/mol. The molecule has 0 radical (unpaired) electrons. The number of esters is 1. The Morgan fingerprint density at radius 1 is 0.322 bits per heavy atom. The van der Waals surface area contributed by atoms with Crippen molar-refractivity contribution in [3.05, 3.63) is 24.3 Å². The van der Waals surface area contributed by atoms with Gasteiger partial charge in [-0.05, 0) is 57.8 Å². The van der Waals surface area contributed by atoms with Gasteiger partial charge in [-0.2, -0.15) is 0 Å². The normalized spacial score (nSPS) is 12.6. The monoisotopic (exact) mass is 1220 g/mol. The number of amides is 1. The fraction of sp³-hybridized carbons (Fsp3) is 0.926. The number of aliphatic hydroxyl groups excluding tert-OH is 2. The van der Waals surface area contributed by atoms with Gasteiger partial charge in [0.2, 0.25) is 5.91 Å². The zero-order chi connectivity index (χ0) is 62.8. The molecule has 0 heterocycles. The lowest BCUT2D eigenvalue weighted by molar-refractivity contribution is -0.143. The number of nitrogens with one attached hydrogen (secondary N) is 1. The van der Waals surface area contributed by atoms with Gasteiger partial charge >= 0.3 is 5.97 Å². The average Bonchev–Trinajstić information content (AvgIpc) is 3.54. The highest BCUT2D eigenvalue weighted by atomic mass is 16.5. The summed E-state index contributed by atoms with van der Waals surface area (Å²) in [6, 6.07) is -0.541. The van der Waals surface area contributed by atoms with Gasteiger partial charge in [-0.15, -0.1) is 0 Å². The Balaban J connectivity index is 3.37. The summed E-state index contributed by atoms with van der Waals surface area (Å²) in [7, 11) is 0. The van der Waals surface area contributed by atoms with Crippen LogP contribution < -0.4 is 5.32 Å². The lowest BCUT2D eigenvalue weighted by atomic mass is 10.0. The molecule has 87 heavy (non-hydrogen) atoms. The largest absolute Gasteiger partial charge is 0.466 e. The zero-order valence-electron chi connectivity index (χ0n) is 59.3. The van der Waals surface area contributed by atoms with Crippen LogP contribution in [0, 0.1) is 0 Å². The van der Waals surface area contributed by atoms with Gasteiger partial charge in [-0.1, -0.05) is 411 Å². The number of rotatable bonds is 76. The quantitative estimate of drug-likeness (QED) is 0.0320.